The molecule has 0 bridgehead atoms. The third-order valence-electron chi connectivity index (χ3n) is 6.16. The fourth-order valence-corrected chi connectivity index (χ4v) is 4.24. The van der Waals surface area contributed by atoms with Gasteiger partial charge in [-0.3, -0.25) is 14.4 Å². The maximum atomic E-state index is 13.2. The fourth-order valence-electron chi connectivity index (χ4n) is 4.24. The zero-order valence-electron chi connectivity index (χ0n) is 18.7. The van der Waals surface area contributed by atoms with Gasteiger partial charge in [-0.2, -0.15) is 0 Å². The quantitative estimate of drug-likeness (QED) is 0.593. The highest BCUT2D eigenvalue weighted by molar-refractivity contribution is 6.30. The molecule has 3 aromatic rings. The van der Waals surface area contributed by atoms with Gasteiger partial charge in [-0.15, -0.1) is 0 Å². The maximum Gasteiger partial charge on any atom is 0.253 e. The molecule has 1 aliphatic rings. The Labute approximate surface area is 186 Å². The van der Waals surface area contributed by atoms with Gasteiger partial charge in [0.1, 0.15) is 17.4 Å². The van der Waals surface area contributed by atoms with E-state index >= 15 is 0 Å². The molecule has 1 atom stereocenters. The first kappa shape index (κ1) is 21.7. The minimum atomic E-state index is -1.21. The Morgan fingerprint density at radius 3 is 2.34 bits per heavy atom. The summed E-state index contributed by atoms with van der Waals surface area (Å²) in [5.41, 5.74) is 2.60. The van der Waals surface area contributed by atoms with Crippen LogP contribution in [0.15, 0.2) is 42.5 Å². The van der Waals surface area contributed by atoms with Crippen LogP contribution in [0.3, 0.4) is 0 Å². The molecule has 1 amide bonds. The van der Waals surface area contributed by atoms with Gasteiger partial charge >= 0.3 is 0 Å². The smallest absolute Gasteiger partial charge is 0.253 e. The van der Waals surface area contributed by atoms with Crippen molar-refractivity contribution in [2.75, 3.05) is 13.1 Å². The summed E-state index contributed by atoms with van der Waals surface area (Å²) >= 11 is 0. The molecular formula is C26H26N2O4. The molecule has 164 valence electrons. The number of ketones is 2. The predicted molar refractivity (Wildman–Crippen MR) is 123 cm³/mol. The Kier molecular flexibility index (Phi) is 5.55. The zero-order valence-corrected chi connectivity index (χ0v) is 18.7. The van der Waals surface area contributed by atoms with Gasteiger partial charge in [0.25, 0.3) is 5.91 Å². The van der Waals surface area contributed by atoms with Gasteiger partial charge < -0.3 is 10.0 Å². The highest BCUT2D eigenvalue weighted by atomic mass is 16.3. The number of amides is 1. The van der Waals surface area contributed by atoms with E-state index in [0.29, 0.717) is 30.1 Å². The van der Waals surface area contributed by atoms with Crippen LogP contribution in [-0.2, 0) is 0 Å². The summed E-state index contributed by atoms with van der Waals surface area (Å²) < 4.78 is 0. The molecule has 0 saturated carbocycles. The number of pyridine rings is 1. The number of rotatable bonds is 5. The predicted octanol–water partition coefficient (Wildman–Crippen LogP) is 4.71. The molecule has 1 aliphatic carbocycles. The van der Waals surface area contributed by atoms with Crippen LogP contribution >= 0.6 is 0 Å². The molecule has 1 heterocycles. The van der Waals surface area contributed by atoms with Gasteiger partial charge in [-0.05, 0) is 61.7 Å². The maximum absolute atomic E-state index is 13.2. The van der Waals surface area contributed by atoms with E-state index in [1.807, 2.05) is 32.0 Å². The van der Waals surface area contributed by atoms with Crippen LogP contribution in [0.2, 0.25) is 0 Å². The lowest BCUT2D eigenvalue weighted by Gasteiger charge is -2.18. The highest BCUT2D eigenvalue weighted by Gasteiger charge is 2.42. The van der Waals surface area contributed by atoms with Crippen molar-refractivity contribution in [3.05, 3.63) is 70.4 Å². The average molecular weight is 431 g/mol. The van der Waals surface area contributed by atoms with Crippen molar-refractivity contribution in [2.45, 2.75) is 39.5 Å². The molecular weight excluding hydrogens is 404 g/mol. The van der Waals surface area contributed by atoms with E-state index in [4.69, 9.17) is 0 Å². The normalized spacial score (nSPS) is 15.5. The minimum absolute atomic E-state index is 0.0533. The Morgan fingerprint density at radius 1 is 1.00 bits per heavy atom. The summed E-state index contributed by atoms with van der Waals surface area (Å²) in [6.45, 7) is 9.03. The number of hydrogen-bond acceptors (Lipinski definition) is 5. The van der Waals surface area contributed by atoms with Crippen molar-refractivity contribution in [3.63, 3.8) is 0 Å². The molecule has 1 N–H and O–H groups in total. The molecule has 32 heavy (non-hydrogen) atoms. The van der Waals surface area contributed by atoms with Gasteiger partial charge in [0, 0.05) is 35.2 Å². The summed E-state index contributed by atoms with van der Waals surface area (Å²) in [6, 6.07) is 11.9. The summed E-state index contributed by atoms with van der Waals surface area (Å²) in [7, 11) is 0. The average Bonchev–Trinajstić information content (AvgIpc) is 3.03. The van der Waals surface area contributed by atoms with Crippen molar-refractivity contribution in [1.82, 2.24) is 9.88 Å². The number of carbonyl (C=O) groups is 3. The second-order valence-corrected chi connectivity index (χ2v) is 8.40. The summed E-state index contributed by atoms with van der Waals surface area (Å²) in [5, 5.41) is 11.4. The van der Waals surface area contributed by atoms with Gasteiger partial charge in [0.15, 0.2) is 11.6 Å². The molecule has 2 aromatic carbocycles. The molecule has 0 fully saturated rings. The number of benzene rings is 2. The molecule has 0 spiro atoms. The van der Waals surface area contributed by atoms with Crippen LogP contribution < -0.4 is 0 Å². The zero-order chi connectivity index (χ0) is 23.2. The molecule has 0 radical (unpaired) electrons. The van der Waals surface area contributed by atoms with Crippen molar-refractivity contribution in [3.8, 4) is 5.75 Å². The standard InChI is InChI=1S/C26H26N2O4/c1-5-28(6-2)26(32)16-7-9-18-19(12-16)25(31)22(24(18)30)23-21(29)13-17-11-15(14(3)4)8-10-20(17)27-23/h7-14,22,29H,5-6H2,1-4H3. The monoisotopic (exact) mass is 430 g/mol. The SMILES string of the molecule is CCN(CC)C(=O)c1ccc2c(c1)C(=O)C(c1nc3ccc(C(C)C)cc3cc1O)C2=O. The van der Waals surface area contributed by atoms with Crippen molar-refractivity contribution >= 4 is 28.4 Å². The third-order valence-corrected chi connectivity index (χ3v) is 6.16. The van der Waals surface area contributed by atoms with Gasteiger partial charge in [-0.1, -0.05) is 19.9 Å². The fraction of sp³-hybridized carbons (Fsp3) is 0.308. The van der Waals surface area contributed by atoms with Crippen LogP contribution in [0, 0.1) is 0 Å². The second kappa shape index (κ2) is 8.19. The second-order valence-electron chi connectivity index (χ2n) is 8.40. The minimum Gasteiger partial charge on any atom is -0.506 e. The van der Waals surface area contributed by atoms with Crippen molar-refractivity contribution < 1.29 is 19.5 Å². The van der Waals surface area contributed by atoms with E-state index in [1.165, 1.54) is 12.1 Å². The van der Waals surface area contributed by atoms with Crippen LogP contribution in [0.5, 0.6) is 5.75 Å². The van der Waals surface area contributed by atoms with Gasteiger partial charge in [-0.25, -0.2) is 4.98 Å². The highest BCUT2D eigenvalue weighted by Crippen LogP contribution is 2.38. The first-order chi connectivity index (χ1) is 15.3. The van der Waals surface area contributed by atoms with Crippen LogP contribution in [-0.4, -0.2) is 45.6 Å². The van der Waals surface area contributed by atoms with Crippen LogP contribution in [0.1, 0.15) is 81.9 Å². The third kappa shape index (κ3) is 3.45. The Hall–Kier alpha value is -3.54. The van der Waals surface area contributed by atoms with E-state index in [1.54, 1.807) is 17.0 Å². The number of hydrogen-bond donors (Lipinski definition) is 1. The number of fused-ring (bicyclic) bond motifs is 2. The summed E-state index contributed by atoms with van der Waals surface area (Å²) in [6.07, 6.45) is 0. The van der Waals surface area contributed by atoms with Gasteiger partial charge in [0.2, 0.25) is 0 Å². The molecule has 1 aromatic heterocycles. The lowest BCUT2D eigenvalue weighted by Crippen LogP contribution is -2.30. The molecule has 6 heteroatoms. The number of aromatic nitrogens is 1. The lowest BCUT2D eigenvalue weighted by atomic mass is 9.96. The lowest BCUT2D eigenvalue weighted by molar-refractivity contribution is 0.0772. The van der Waals surface area contributed by atoms with E-state index in [9.17, 15) is 19.5 Å². The van der Waals surface area contributed by atoms with E-state index in [2.05, 4.69) is 18.8 Å². The Balaban J connectivity index is 1.75. The number of aromatic hydroxyl groups is 1. The first-order valence-electron chi connectivity index (χ1n) is 10.9. The Bertz CT molecular complexity index is 1260. The molecule has 6 nitrogen and oxygen atoms in total. The molecule has 4 rings (SSSR count). The number of Topliss-reactive ketones (excluding diaryl/α,β-unsaturated/α-hetero) is 2. The van der Waals surface area contributed by atoms with Crippen molar-refractivity contribution in [1.29, 1.82) is 0 Å². The van der Waals surface area contributed by atoms with E-state index < -0.39 is 17.5 Å². The van der Waals surface area contributed by atoms with E-state index in [-0.39, 0.29) is 28.5 Å². The topological polar surface area (TPSA) is 87.6 Å². The molecule has 0 aliphatic heterocycles. The van der Waals surface area contributed by atoms with Crippen LogP contribution in [0.25, 0.3) is 10.9 Å². The van der Waals surface area contributed by atoms with Gasteiger partial charge in [0.05, 0.1) is 5.52 Å². The number of nitrogens with zero attached hydrogens (tertiary/aromatic N) is 2. The number of carbonyl (C=O) groups excluding carboxylic acids is 3. The molecule has 1 unspecified atom stereocenters. The van der Waals surface area contributed by atoms with Crippen molar-refractivity contribution in [2.24, 2.45) is 0 Å². The summed E-state index contributed by atoms with van der Waals surface area (Å²) in [5.74, 6) is -2.11. The van der Waals surface area contributed by atoms with Crippen LogP contribution in [0.4, 0.5) is 0 Å². The largest absolute Gasteiger partial charge is 0.506 e. The summed E-state index contributed by atoms with van der Waals surface area (Å²) in [4.78, 5) is 45.2. The molecule has 0 saturated heterocycles. The van der Waals surface area contributed by atoms with E-state index in [0.717, 1.165) is 10.9 Å². The first-order valence-corrected chi connectivity index (χ1v) is 10.9. The Morgan fingerprint density at radius 2 is 1.69 bits per heavy atom.